The number of aromatic nitrogens is 2. The van der Waals surface area contributed by atoms with Crippen LogP contribution in [0.15, 0.2) is 35.1 Å². The van der Waals surface area contributed by atoms with Crippen molar-refractivity contribution >= 4 is 22.7 Å². The van der Waals surface area contributed by atoms with Crippen molar-refractivity contribution < 1.29 is 14.3 Å². The smallest absolute Gasteiger partial charge is 0.256 e. The number of benzene rings is 1. The number of amides is 2. The molecule has 3 aromatic rings. The number of aryl methyl sites for hydroxylation is 1. The van der Waals surface area contributed by atoms with E-state index in [0.29, 0.717) is 28.5 Å². The third-order valence-electron chi connectivity index (χ3n) is 8.93. The molecule has 1 atom stereocenters. The van der Waals surface area contributed by atoms with Gasteiger partial charge in [-0.05, 0) is 65.6 Å². The number of rotatable bonds is 7. The number of carbonyl (C=O) groups excluding carboxylic acids is 2. The van der Waals surface area contributed by atoms with Gasteiger partial charge in [0.1, 0.15) is 5.75 Å². The van der Waals surface area contributed by atoms with Gasteiger partial charge >= 0.3 is 0 Å². The van der Waals surface area contributed by atoms with Crippen molar-refractivity contribution in [3.8, 4) is 5.75 Å². The van der Waals surface area contributed by atoms with Crippen LogP contribution >= 0.6 is 0 Å². The SMILES string of the molecule is COc1cc(C)[nH]c(=O)c1CNC(=O)c1c(C)n([C@H](C)C2CCN(C(=O)C3(C)CN(C)C3)CC2)c2ccccc12. The fourth-order valence-corrected chi connectivity index (χ4v) is 6.95. The van der Waals surface area contributed by atoms with E-state index in [2.05, 4.69) is 51.6 Å². The van der Waals surface area contributed by atoms with Gasteiger partial charge in [0.25, 0.3) is 11.5 Å². The number of hydrogen-bond donors (Lipinski definition) is 2. The molecule has 2 N–H and O–H groups in total. The van der Waals surface area contributed by atoms with E-state index in [-0.39, 0.29) is 35.4 Å². The van der Waals surface area contributed by atoms with E-state index in [1.807, 2.05) is 25.1 Å². The predicted octanol–water partition coefficient (Wildman–Crippen LogP) is 3.64. The lowest BCUT2D eigenvalue weighted by molar-refractivity contribution is -0.151. The van der Waals surface area contributed by atoms with Crippen molar-refractivity contribution in [3.63, 3.8) is 0 Å². The highest BCUT2D eigenvalue weighted by molar-refractivity contribution is 6.08. The van der Waals surface area contributed by atoms with Crippen LogP contribution in [0.3, 0.4) is 0 Å². The normalized spacial score (nSPS) is 18.4. The number of aromatic amines is 1. The summed E-state index contributed by atoms with van der Waals surface area (Å²) in [5.41, 5.74) is 3.11. The Hall–Kier alpha value is -3.59. The van der Waals surface area contributed by atoms with Crippen LogP contribution in [0.25, 0.3) is 10.9 Å². The minimum Gasteiger partial charge on any atom is -0.496 e. The van der Waals surface area contributed by atoms with Gasteiger partial charge in [-0.1, -0.05) is 18.2 Å². The van der Waals surface area contributed by atoms with Gasteiger partial charge in [-0.25, -0.2) is 0 Å². The third-order valence-corrected chi connectivity index (χ3v) is 8.93. The standard InChI is InChI=1S/C31H41N5O4/c1-19-15-26(40-6)24(28(37)33-19)16-32-29(38)27-21(3)36(25-10-8-7-9-23(25)27)20(2)22-11-13-35(14-12-22)30(39)31(4)17-34(5)18-31/h7-10,15,20,22H,11-14,16-18H2,1-6H3,(H,32,38)(H,33,37)/t20-/m1/s1. The quantitative estimate of drug-likeness (QED) is 0.471. The minimum absolute atomic E-state index is 0.0628. The number of nitrogens with zero attached hydrogens (tertiary/aromatic N) is 3. The fraction of sp³-hybridized carbons (Fsp3) is 0.516. The summed E-state index contributed by atoms with van der Waals surface area (Å²) in [6.45, 7) is 11.3. The lowest BCUT2D eigenvalue weighted by atomic mass is 9.80. The molecule has 0 bridgehead atoms. The molecule has 40 heavy (non-hydrogen) atoms. The second-order valence-corrected chi connectivity index (χ2v) is 12.0. The molecule has 2 aliphatic rings. The first-order chi connectivity index (χ1) is 19.0. The van der Waals surface area contributed by atoms with Crippen molar-refractivity contribution in [2.45, 2.75) is 53.1 Å². The highest BCUT2D eigenvalue weighted by Crippen LogP contribution is 2.37. The third kappa shape index (κ3) is 4.91. The Bertz CT molecular complexity index is 1490. The van der Waals surface area contributed by atoms with Crippen LogP contribution in [0, 0.1) is 25.2 Å². The first-order valence-corrected chi connectivity index (χ1v) is 14.2. The highest BCUT2D eigenvalue weighted by Gasteiger charge is 2.46. The number of fused-ring (bicyclic) bond motifs is 1. The number of pyridine rings is 1. The summed E-state index contributed by atoms with van der Waals surface area (Å²) in [6, 6.07) is 9.91. The lowest BCUT2D eigenvalue weighted by Crippen LogP contribution is -2.61. The number of methoxy groups -OCH3 is 1. The summed E-state index contributed by atoms with van der Waals surface area (Å²) < 4.78 is 7.68. The average molecular weight is 548 g/mol. The summed E-state index contributed by atoms with van der Waals surface area (Å²) >= 11 is 0. The van der Waals surface area contributed by atoms with E-state index in [1.165, 1.54) is 7.11 Å². The molecule has 2 aromatic heterocycles. The van der Waals surface area contributed by atoms with E-state index < -0.39 is 0 Å². The molecular weight excluding hydrogens is 506 g/mol. The van der Waals surface area contributed by atoms with Crippen molar-refractivity contribution in [2.24, 2.45) is 11.3 Å². The number of carbonyl (C=O) groups is 2. The van der Waals surface area contributed by atoms with Gasteiger partial charge in [0.2, 0.25) is 5.91 Å². The molecule has 214 valence electrons. The molecule has 4 heterocycles. The summed E-state index contributed by atoms with van der Waals surface area (Å²) in [5, 5.41) is 3.85. The van der Waals surface area contributed by atoms with Crippen LogP contribution in [-0.4, -0.2) is 71.5 Å². The summed E-state index contributed by atoms with van der Waals surface area (Å²) in [4.78, 5) is 46.3. The molecule has 2 aliphatic heterocycles. The van der Waals surface area contributed by atoms with Crippen LogP contribution in [0.2, 0.25) is 0 Å². The zero-order valence-corrected chi connectivity index (χ0v) is 24.5. The summed E-state index contributed by atoms with van der Waals surface area (Å²) in [7, 11) is 3.57. The molecule has 0 unspecified atom stereocenters. The van der Waals surface area contributed by atoms with Crippen molar-refractivity contribution in [3.05, 3.63) is 63.2 Å². The number of H-pyrrole nitrogens is 1. The molecule has 2 saturated heterocycles. The van der Waals surface area contributed by atoms with Crippen molar-refractivity contribution in [2.75, 3.05) is 40.3 Å². The molecule has 5 rings (SSSR count). The predicted molar refractivity (Wildman–Crippen MR) is 156 cm³/mol. The highest BCUT2D eigenvalue weighted by atomic mass is 16.5. The number of likely N-dealkylation sites (tertiary alicyclic amines) is 2. The Morgan fingerprint density at radius 2 is 1.85 bits per heavy atom. The van der Waals surface area contributed by atoms with Gasteiger partial charge < -0.3 is 29.4 Å². The molecule has 1 aromatic carbocycles. The van der Waals surface area contributed by atoms with Gasteiger partial charge in [-0.2, -0.15) is 0 Å². The van der Waals surface area contributed by atoms with Crippen molar-refractivity contribution in [1.82, 2.24) is 24.7 Å². The maximum absolute atomic E-state index is 13.6. The zero-order valence-electron chi connectivity index (χ0n) is 24.5. The van der Waals surface area contributed by atoms with Gasteiger partial charge in [0.15, 0.2) is 0 Å². The molecule has 0 spiro atoms. The molecule has 2 amide bonds. The maximum atomic E-state index is 13.6. The van der Waals surface area contributed by atoms with Crippen LogP contribution in [-0.2, 0) is 11.3 Å². The number of hydrogen-bond acceptors (Lipinski definition) is 5. The second kappa shape index (κ2) is 10.8. The Balaban J connectivity index is 1.35. The monoisotopic (exact) mass is 547 g/mol. The first kappa shape index (κ1) is 28.0. The second-order valence-electron chi connectivity index (χ2n) is 12.0. The Morgan fingerprint density at radius 1 is 1.18 bits per heavy atom. The Morgan fingerprint density at radius 3 is 2.50 bits per heavy atom. The van der Waals surface area contributed by atoms with Crippen LogP contribution in [0.4, 0.5) is 0 Å². The molecule has 0 saturated carbocycles. The van der Waals surface area contributed by atoms with E-state index in [1.54, 1.807) is 13.0 Å². The number of para-hydroxylation sites is 1. The molecular formula is C31H41N5O4. The van der Waals surface area contributed by atoms with E-state index in [0.717, 1.165) is 55.6 Å². The molecule has 0 aliphatic carbocycles. The Kier molecular flexibility index (Phi) is 7.52. The number of piperidine rings is 1. The van der Waals surface area contributed by atoms with Gasteiger partial charge in [-0.3, -0.25) is 14.4 Å². The molecule has 9 nitrogen and oxygen atoms in total. The van der Waals surface area contributed by atoms with Gasteiger partial charge in [-0.15, -0.1) is 0 Å². The Labute approximate surface area is 235 Å². The molecule has 2 fully saturated rings. The van der Waals surface area contributed by atoms with E-state index >= 15 is 0 Å². The van der Waals surface area contributed by atoms with Crippen molar-refractivity contribution in [1.29, 1.82) is 0 Å². The van der Waals surface area contributed by atoms with E-state index in [9.17, 15) is 14.4 Å². The number of ether oxygens (including phenoxy) is 1. The first-order valence-electron chi connectivity index (χ1n) is 14.2. The zero-order chi connectivity index (χ0) is 28.8. The van der Waals surface area contributed by atoms with Crippen LogP contribution in [0.5, 0.6) is 5.75 Å². The van der Waals surface area contributed by atoms with E-state index in [4.69, 9.17) is 4.74 Å². The average Bonchev–Trinajstić information content (AvgIpc) is 3.22. The maximum Gasteiger partial charge on any atom is 0.256 e. The van der Waals surface area contributed by atoms with Crippen LogP contribution in [0.1, 0.15) is 60.0 Å². The van der Waals surface area contributed by atoms with Gasteiger partial charge in [0.05, 0.1) is 30.2 Å². The molecule has 0 radical (unpaired) electrons. The minimum atomic E-state index is -0.270. The summed E-state index contributed by atoms with van der Waals surface area (Å²) in [5.74, 6) is 0.905. The fourth-order valence-electron chi connectivity index (χ4n) is 6.95. The molecule has 9 heteroatoms. The number of nitrogens with one attached hydrogen (secondary N) is 2. The topological polar surface area (TPSA) is 99.7 Å². The lowest BCUT2D eigenvalue weighted by Gasteiger charge is -2.48. The van der Waals surface area contributed by atoms with Gasteiger partial charge in [0, 0.05) is 54.5 Å². The summed E-state index contributed by atoms with van der Waals surface area (Å²) in [6.07, 6.45) is 1.87. The largest absolute Gasteiger partial charge is 0.496 e. The van der Waals surface area contributed by atoms with Crippen LogP contribution < -0.4 is 15.6 Å².